The average molecular weight is 320 g/mol. The molecule has 1 fully saturated rings. The van der Waals surface area contributed by atoms with E-state index in [1.54, 1.807) is 13.8 Å². The number of carbonyl (C=O) groups excluding carboxylic acids is 1. The molecule has 0 aromatic rings. The first kappa shape index (κ1) is 17.9. The Morgan fingerprint density at radius 3 is 2.57 bits per heavy atom. The van der Waals surface area contributed by atoms with Crippen LogP contribution in [0.15, 0.2) is 0 Å². The summed E-state index contributed by atoms with van der Waals surface area (Å²) in [7, 11) is -3.41. The van der Waals surface area contributed by atoms with Crippen LogP contribution >= 0.6 is 0 Å². The van der Waals surface area contributed by atoms with Gasteiger partial charge in [-0.3, -0.25) is 9.59 Å². The van der Waals surface area contributed by atoms with Crippen LogP contribution in [0.5, 0.6) is 0 Å². The predicted octanol–water partition coefficient (Wildman–Crippen LogP) is 0.560. The normalized spacial score (nSPS) is 21.1. The van der Waals surface area contributed by atoms with E-state index in [9.17, 15) is 18.0 Å². The highest BCUT2D eigenvalue weighted by Gasteiger charge is 2.38. The van der Waals surface area contributed by atoms with Gasteiger partial charge >= 0.3 is 5.97 Å². The number of amides is 1. The third-order valence-electron chi connectivity index (χ3n) is 3.59. The first-order valence-electron chi connectivity index (χ1n) is 7.33. The molecule has 1 aliphatic heterocycles. The zero-order chi connectivity index (χ0) is 16.0. The van der Waals surface area contributed by atoms with Crippen molar-refractivity contribution in [2.75, 3.05) is 12.3 Å². The molecule has 0 bridgehead atoms. The molecule has 122 valence electrons. The van der Waals surface area contributed by atoms with Crippen LogP contribution in [0.3, 0.4) is 0 Å². The summed E-state index contributed by atoms with van der Waals surface area (Å²) in [5.74, 6) is -1.34. The van der Waals surface area contributed by atoms with Gasteiger partial charge in [0.2, 0.25) is 15.9 Å². The molecule has 0 radical (unpaired) electrons. The van der Waals surface area contributed by atoms with E-state index in [2.05, 4.69) is 5.32 Å². The standard InChI is InChI=1S/C13H24N2O5S/c1-3-8-21(19,20)15-7-5-6-11(15)13(18)14-10(4-2)9-12(16)17/h10-11H,3-9H2,1-2H3,(H,14,18)(H,16,17). The van der Waals surface area contributed by atoms with Crippen LogP contribution in [0.4, 0.5) is 0 Å². The molecule has 7 nitrogen and oxygen atoms in total. The highest BCUT2D eigenvalue weighted by Crippen LogP contribution is 2.22. The molecule has 0 aromatic heterocycles. The highest BCUT2D eigenvalue weighted by atomic mass is 32.2. The summed E-state index contributed by atoms with van der Waals surface area (Å²) in [6.07, 6.45) is 1.97. The minimum atomic E-state index is -3.41. The number of carboxylic acid groups (broad SMARTS) is 1. The number of aliphatic carboxylic acids is 1. The Hall–Kier alpha value is -1.15. The molecule has 1 heterocycles. The SMILES string of the molecule is CCCS(=O)(=O)N1CCCC1C(=O)NC(CC)CC(=O)O. The molecule has 2 N–H and O–H groups in total. The van der Waals surface area contributed by atoms with Crippen LogP contribution in [0.2, 0.25) is 0 Å². The van der Waals surface area contributed by atoms with Crippen molar-refractivity contribution in [3.05, 3.63) is 0 Å². The van der Waals surface area contributed by atoms with Crippen molar-refractivity contribution >= 4 is 21.9 Å². The molecule has 8 heteroatoms. The third-order valence-corrected chi connectivity index (χ3v) is 5.66. The van der Waals surface area contributed by atoms with Crippen molar-refractivity contribution in [3.63, 3.8) is 0 Å². The van der Waals surface area contributed by atoms with Crippen LogP contribution in [-0.4, -0.2) is 54.1 Å². The molecule has 1 saturated heterocycles. The van der Waals surface area contributed by atoms with Crippen molar-refractivity contribution < 1.29 is 23.1 Å². The summed E-state index contributed by atoms with van der Waals surface area (Å²) >= 11 is 0. The zero-order valence-corrected chi connectivity index (χ0v) is 13.4. The summed E-state index contributed by atoms with van der Waals surface area (Å²) in [6, 6.07) is -1.17. The van der Waals surface area contributed by atoms with E-state index in [0.717, 1.165) is 0 Å². The van der Waals surface area contributed by atoms with Crippen molar-refractivity contribution in [1.29, 1.82) is 0 Å². The maximum absolute atomic E-state index is 12.2. The fourth-order valence-electron chi connectivity index (χ4n) is 2.52. The van der Waals surface area contributed by atoms with Gasteiger partial charge in [-0.25, -0.2) is 8.42 Å². The molecule has 1 amide bonds. The van der Waals surface area contributed by atoms with Gasteiger partial charge in [-0.15, -0.1) is 0 Å². The number of carbonyl (C=O) groups is 2. The van der Waals surface area contributed by atoms with Crippen molar-refractivity contribution in [2.24, 2.45) is 0 Å². The second kappa shape index (κ2) is 7.74. The van der Waals surface area contributed by atoms with E-state index in [4.69, 9.17) is 5.11 Å². The van der Waals surface area contributed by atoms with Gasteiger partial charge in [0.15, 0.2) is 0 Å². The van der Waals surface area contributed by atoms with Crippen LogP contribution in [0.1, 0.15) is 46.0 Å². The van der Waals surface area contributed by atoms with E-state index < -0.39 is 28.1 Å². The number of carboxylic acids is 1. The fraction of sp³-hybridized carbons (Fsp3) is 0.846. The Labute approximate surface area is 125 Å². The molecule has 1 rings (SSSR count). The molecule has 21 heavy (non-hydrogen) atoms. The monoisotopic (exact) mass is 320 g/mol. The largest absolute Gasteiger partial charge is 0.481 e. The van der Waals surface area contributed by atoms with Gasteiger partial charge < -0.3 is 10.4 Å². The third kappa shape index (κ3) is 4.96. The second-order valence-electron chi connectivity index (χ2n) is 5.30. The van der Waals surface area contributed by atoms with Crippen molar-refractivity contribution in [2.45, 2.75) is 58.0 Å². The zero-order valence-electron chi connectivity index (χ0n) is 12.5. The number of sulfonamides is 1. The van der Waals surface area contributed by atoms with Crippen LogP contribution in [0.25, 0.3) is 0 Å². The average Bonchev–Trinajstić information content (AvgIpc) is 2.87. The number of rotatable bonds is 8. The van der Waals surface area contributed by atoms with E-state index in [-0.39, 0.29) is 18.1 Å². The lowest BCUT2D eigenvalue weighted by Crippen LogP contribution is -2.49. The quantitative estimate of drug-likeness (QED) is 0.680. The van der Waals surface area contributed by atoms with Gasteiger partial charge in [-0.2, -0.15) is 4.31 Å². The Balaban J connectivity index is 2.74. The van der Waals surface area contributed by atoms with Gasteiger partial charge in [0.25, 0.3) is 0 Å². The molecule has 0 saturated carbocycles. The topological polar surface area (TPSA) is 104 Å². The Kier molecular flexibility index (Phi) is 6.60. The summed E-state index contributed by atoms with van der Waals surface area (Å²) in [4.78, 5) is 23.0. The number of nitrogens with one attached hydrogen (secondary N) is 1. The Morgan fingerprint density at radius 2 is 2.05 bits per heavy atom. The maximum Gasteiger partial charge on any atom is 0.305 e. The molecule has 0 spiro atoms. The van der Waals surface area contributed by atoms with E-state index in [1.165, 1.54) is 4.31 Å². The lowest BCUT2D eigenvalue weighted by atomic mass is 10.1. The predicted molar refractivity (Wildman–Crippen MR) is 78.3 cm³/mol. The lowest BCUT2D eigenvalue weighted by molar-refractivity contribution is -0.137. The first-order valence-corrected chi connectivity index (χ1v) is 8.94. The van der Waals surface area contributed by atoms with Gasteiger partial charge in [-0.05, 0) is 25.7 Å². The Bertz CT molecular complexity index is 477. The van der Waals surface area contributed by atoms with Gasteiger partial charge in [0.1, 0.15) is 6.04 Å². The molecule has 0 aliphatic carbocycles. The molecule has 2 unspecified atom stereocenters. The number of hydrogen-bond donors (Lipinski definition) is 2. The van der Waals surface area contributed by atoms with Gasteiger partial charge in [0, 0.05) is 12.6 Å². The minimum absolute atomic E-state index is 0.0309. The molecular formula is C13H24N2O5S. The summed E-state index contributed by atoms with van der Waals surface area (Å²) in [5.41, 5.74) is 0. The van der Waals surface area contributed by atoms with E-state index in [0.29, 0.717) is 32.2 Å². The highest BCUT2D eigenvalue weighted by molar-refractivity contribution is 7.89. The number of hydrogen-bond acceptors (Lipinski definition) is 4. The lowest BCUT2D eigenvalue weighted by Gasteiger charge is -2.25. The summed E-state index contributed by atoms with van der Waals surface area (Å²) in [5, 5.41) is 11.4. The molecule has 1 aliphatic rings. The summed E-state index contributed by atoms with van der Waals surface area (Å²) in [6.45, 7) is 3.92. The van der Waals surface area contributed by atoms with Crippen LogP contribution in [0, 0.1) is 0 Å². The molecular weight excluding hydrogens is 296 g/mol. The van der Waals surface area contributed by atoms with Crippen molar-refractivity contribution in [3.8, 4) is 0 Å². The van der Waals surface area contributed by atoms with E-state index >= 15 is 0 Å². The fourth-order valence-corrected chi connectivity index (χ4v) is 4.26. The van der Waals surface area contributed by atoms with E-state index in [1.807, 2.05) is 0 Å². The molecule has 2 atom stereocenters. The Morgan fingerprint density at radius 1 is 1.38 bits per heavy atom. The number of nitrogens with zero attached hydrogens (tertiary/aromatic N) is 1. The smallest absolute Gasteiger partial charge is 0.305 e. The maximum atomic E-state index is 12.2. The van der Waals surface area contributed by atoms with Crippen LogP contribution in [-0.2, 0) is 19.6 Å². The molecule has 0 aromatic carbocycles. The second-order valence-corrected chi connectivity index (χ2v) is 7.34. The van der Waals surface area contributed by atoms with Gasteiger partial charge in [-0.1, -0.05) is 13.8 Å². The first-order chi connectivity index (χ1) is 9.81. The van der Waals surface area contributed by atoms with Crippen molar-refractivity contribution in [1.82, 2.24) is 9.62 Å². The summed E-state index contributed by atoms with van der Waals surface area (Å²) < 4.78 is 25.5. The van der Waals surface area contributed by atoms with Crippen LogP contribution < -0.4 is 5.32 Å². The van der Waals surface area contributed by atoms with Gasteiger partial charge in [0.05, 0.1) is 12.2 Å². The minimum Gasteiger partial charge on any atom is -0.481 e.